The van der Waals surface area contributed by atoms with Crippen LogP contribution in [0.15, 0.2) is 24.3 Å². The zero-order valence-electron chi connectivity index (χ0n) is 12.7. The minimum Gasteiger partial charge on any atom is -0.486 e. The highest BCUT2D eigenvalue weighted by Gasteiger charge is 2.28. The molecule has 0 bridgehead atoms. The smallest absolute Gasteiger partial charge is 0.310 e. The number of aromatic nitrogens is 3. The van der Waals surface area contributed by atoms with Crippen molar-refractivity contribution in [3.63, 3.8) is 0 Å². The summed E-state index contributed by atoms with van der Waals surface area (Å²) >= 11 is 0. The number of carbonyl (C=O) groups is 1. The summed E-state index contributed by atoms with van der Waals surface area (Å²) in [5.74, 6) is 1.82. The maximum Gasteiger partial charge on any atom is 0.310 e. The molecule has 3 rings (SSSR count). The zero-order valence-corrected chi connectivity index (χ0v) is 12.7. The molecule has 0 saturated heterocycles. The lowest BCUT2D eigenvalue weighted by atomic mass is 9.99. The Bertz CT molecular complexity index is 746. The van der Waals surface area contributed by atoms with Gasteiger partial charge in [0, 0.05) is 13.0 Å². The first-order valence-electron chi connectivity index (χ1n) is 7.33. The number of fused-ring (bicyclic) bond motifs is 1. The molecule has 1 unspecified atom stereocenters. The Labute approximate surface area is 133 Å². The van der Waals surface area contributed by atoms with Gasteiger partial charge in [-0.25, -0.2) is 0 Å². The molecule has 0 N–H and O–H groups in total. The van der Waals surface area contributed by atoms with Crippen LogP contribution in [0.3, 0.4) is 0 Å². The second-order valence-corrected chi connectivity index (χ2v) is 5.33. The quantitative estimate of drug-likeness (QED) is 0.794. The summed E-state index contributed by atoms with van der Waals surface area (Å²) < 4.78 is 12.4. The van der Waals surface area contributed by atoms with Gasteiger partial charge in [0.1, 0.15) is 18.2 Å². The maximum atomic E-state index is 11.7. The molecule has 1 aliphatic rings. The largest absolute Gasteiger partial charge is 0.486 e. The summed E-state index contributed by atoms with van der Waals surface area (Å²) in [6.07, 6.45) is 1.42. The van der Waals surface area contributed by atoms with E-state index in [9.17, 15) is 4.79 Å². The van der Waals surface area contributed by atoms with E-state index in [4.69, 9.17) is 14.7 Å². The molecule has 0 fully saturated rings. The van der Waals surface area contributed by atoms with E-state index in [0.29, 0.717) is 30.1 Å². The molecule has 2 aromatic rings. The van der Waals surface area contributed by atoms with E-state index in [1.165, 1.54) is 7.11 Å². The van der Waals surface area contributed by atoms with Crippen molar-refractivity contribution < 1.29 is 14.3 Å². The molecular formula is C16H16N4O3. The Hall–Kier alpha value is -2.88. The van der Waals surface area contributed by atoms with Crippen molar-refractivity contribution in [2.75, 3.05) is 7.11 Å². The fourth-order valence-corrected chi connectivity index (χ4v) is 2.62. The number of methoxy groups -OCH3 is 1. The molecular weight excluding hydrogens is 296 g/mol. The molecule has 2 heterocycles. The highest BCUT2D eigenvalue weighted by atomic mass is 16.5. The van der Waals surface area contributed by atoms with Crippen molar-refractivity contribution in [3.05, 3.63) is 41.5 Å². The third-order valence-electron chi connectivity index (χ3n) is 3.91. The van der Waals surface area contributed by atoms with Crippen molar-refractivity contribution in [3.8, 4) is 11.8 Å². The molecule has 1 aliphatic heterocycles. The molecule has 23 heavy (non-hydrogen) atoms. The van der Waals surface area contributed by atoms with Crippen LogP contribution in [0.25, 0.3) is 0 Å². The van der Waals surface area contributed by atoms with Crippen LogP contribution in [0.2, 0.25) is 0 Å². The van der Waals surface area contributed by atoms with Crippen LogP contribution in [-0.4, -0.2) is 27.8 Å². The van der Waals surface area contributed by atoms with Gasteiger partial charge in [-0.1, -0.05) is 0 Å². The fourth-order valence-electron chi connectivity index (χ4n) is 2.62. The van der Waals surface area contributed by atoms with Gasteiger partial charge in [0.15, 0.2) is 5.82 Å². The van der Waals surface area contributed by atoms with E-state index in [0.717, 1.165) is 12.2 Å². The molecule has 7 nitrogen and oxygen atoms in total. The van der Waals surface area contributed by atoms with Crippen LogP contribution in [-0.2, 0) is 29.1 Å². The van der Waals surface area contributed by atoms with Gasteiger partial charge in [0.05, 0.1) is 24.7 Å². The summed E-state index contributed by atoms with van der Waals surface area (Å²) in [5.41, 5.74) is 0.582. The molecule has 0 saturated carbocycles. The Morgan fingerprint density at radius 3 is 2.87 bits per heavy atom. The van der Waals surface area contributed by atoms with Gasteiger partial charge in [-0.3, -0.25) is 4.79 Å². The van der Waals surface area contributed by atoms with E-state index in [-0.39, 0.29) is 18.5 Å². The molecule has 0 aliphatic carbocycles. The van der Waals surface area contributed by atoms with Gasteiger partial charge in [-0.2, -0.15) is 5.26 Å². The van der Waals surface area contributed by atoms with Crippen LogP contribution in [0.5, 0.6) is 5.75 Å². The van der Waals surface area contributed by atoms with Gasteiger partial charge in [0.2, 0.25) is 0 Å². The Balaban J connectivity index is 1.69. The first-order valence-corrected chi connectivity index (χ1v) is 7.33. The molecule has 0 amide bonds. The Kier molecular flexibility index (Phi) is 4.24. The summed E-state index contributed by atoms with van der Waals surface area (Å²) in [4.78, 5) is 11.7. The third-order valence-corrected chi connectivity index (χ3v) is 3.91. The SMILES string of the molecule is COC(=O)C1CCc2nnc(COc3ccc(C#N)cc3)n2C1. The van der Waals surface area contributed by atoms with E-state index < -0.39 is 0 Å². The van der Waals surface area contributed by atoms with Gasteiger partial charge >= 0.3 is 5.97 Å². The highest BCUT2D eigenvalue weighted by molar-refractivity contribution is 5.72. The topological polar surface area (TPSA) is 90.0 Å². The number of nitrogens with zero attached hydrogens (tertiary/aromatic N) is 4. The molecule has 118 valence electrons. The number of benzene rings is 1. The minimum absolute atomic E-state index is 0.169. The van der Waals surface area contributed by atoms with Crippen LogP contribution in [0, 0.1) is 17.2 Å². The van der Waals surface area contributed by atoms with E-state index in [1.54, 1.807) is 24.3 Å². The second-order valence-electron chi connectivity index (χ2n) is 5.33. The molecule has 7 heteroatoms. The average Bonchev–Trinajstić information content (AvgIpc) is 3.02. The second kappa shape index (κ2) is 6.48. The number of hydrogen-bond acceptors (Lipinski definition) is 6. The van der Waals surface area contributed by atoms with Crippen LogP contribution >= 0.6 is 0 Å². The number of nitriles is 1. The summed E-state index contributed by atoms with van der Waals surface area (Å²) in [5, 5.41) is 17.1. The summed E-state index contributed by atoms with van der Waals surface area (Å²) in [6.45, 7) is 0.772. The molecule has 0 radical (unpaired) electrons. The van der Waals surface area contributed by atoms with E-state index in [2.05, 4.69) is 16.3 Å². The van der Waals surface area contributed by atoms with Crippen LogP contribution in [0.4, 0.5) is 0 Å². The van der Waals surface area contributed by atoms with Gasteiger partial charge in [-0.05, 0) is 30.7 Å². The number of hydrogen-bond donors (Lipinski definition) is 0. The summed E-state index contributed by atoms with van der Waals surface area (Å²) in [7, 11) is 1.40. The predicted octanol–water partition coefficient (Wildman–Crippen LogP) is 1.46. The maximum absolute atomic E-state index is 11.7. The van der Waals surface area contributed by atoms with Crippen molar-refractivity contribution in [1.29, 1.82) is 5.26 Å². The van der Waals surface area contributed by atoms with Gasteiger partial charge < -0.3 is 14.0 Å². The number of esters is 1. The van der Waals surface area contributed by atoms with Crippen molar-refractivity contribution in [2.45, 2.75) is 26.0 Å². The van der Waals surface area contributed by atoms with Crippen molar-refractivity contribution >= 4 is 5.97 Å². The van der Waals surface area contributed by atoms with E-state index >= 15 is 0 Å². The highest BCUT2D eigenvalue weighted by Crippen LogP contribution is 2.22. The molecule has 1 aromatic carbocycles. The first kappa shape index (κ1) is 15.0. The monoisotopic (exact) mass is 312 g/mol. The minimum atomic E-state index is -0.205. The lowest BCUT2D eigenvalue weighted by Gasteiger charge is -2.22. The van der Waals surface area contributed by atoms with Crippen molar-refractivity contribution in [1.82, 2.24) is 14.8 Å². The molecule has 1 aromatic heterocycles. The van der Waals surface area contributed by atoms with E-state index in [1.807, 2.05) is 4.57 Å². The molecule has 0 spiro atoms. The number of ether oxygens (including phenoxy) is 2. The van der Waals surface area contributed by atoms with Gasteiger partial charge in [-0.15, -0.1) is 10.2 Å². The summed E-state index contributed by atoms with van der Waals surface area (Å²) in [6, 6.07) is 8.93. The average molecular weight is 312 g/mol. The number of aryl methyl sites for hydroxylation is 1. The van der Waals surface area contributed by atoms with Gasteiger partial charge in [0.25, 0.3) is 0 Å². The lowest BCUT2D eigenvalue weighted by Crippen LogP contribution is -2.29. The predicted molar refractivity (Wildman–Crippen MR) is 79.3 cm³/mol. The number of rotatable bonds is 4. The van der Waals surface area contributed by atoms with Crippen LogP contribution < -0.4 is 4.74 Å². The van der Waals surface area contributed by atoms with Crippen LogP contribution in [0.1, 0.15) is 23.6 Å². The molecule has 1 atom stereocenters. The first-order chi connectivity index (χ1) is 11.2. The van der Waals surface area contributed by atoms with Crippen molar-refractivity contribution in [2.24, 2.45) is 5.92 Å². The zero-order chi connectivity index (χ0) is 16.2. The number of carbonyl (C=O) groups excluding carboxylic acids is 1. The standard InChI is InChI=1S/C16H16N4O3/c1-22-16(21)12-4-7-14-18-19-15(20(14)9-12)10-23-13-5-2-11(8-17)3-6-13/h2-3,5-6,12H,4,7,9-10H2,1H3. The lowest BCUT2D eigenvalue weighted by molar-refractivity contribution is -0.146. The Morgan fingerprint density at radius 1 is 1.39 bits per heavy atom. The third kappa shape index (κ3) is 3.16. The normalized spacial score (nSPS) is 16.3. The fraction of sp³-hybridized carbons (Fsp3) is 0.375. The Morgan fingerprint density at radius 2 is 2.17 bits per heavy atom.